The summed E-state index contributed by atoms with van der Waals surface area (Å²) in [6, 6.07) is 9.78. The van der Waals surface area contributed by atoms with Gasteiger partial charge in [0.2, 0.25) is 0 Å². The summed E-state index contributed by atoms with van der Waals surface area (Å²) in [5.41, 5.74) is 5.85. The van der Waals surface area contributed by atoms with Gasteiger partial charge in [-0.3, -0.25) is 9.69 Å². The lowest BCUT2D eigenvalue weighted by atomic mass is 10.1. The normalized spacial score (nSPS) is 14.8. The number of hydrogen-bond donors (Lipinski definition) is 0. The van der Waals surface area contributed by atoms with Crippen LogP contribution in [0.1, 0.15) is 42.5 Å². The highest BCUT2D eigenvalue weighted by Gasteiger charge is 2.21. The van der Waals surface area contributed by atoms with Gasteiger partial charge < -0.3 is 0 Å². The molecule has 0 radical (unpaired) electrons. The monoisotopic (exact) mass is 349 g/mol. The largest absolute Gasteiger partial charge is 0.293 e. The number of aromatic nitrogens is 4. The van der Waals surface area contributed by atoms with Crippen LogP contribution in [-0.4, -0.2) is 31.2 Å². The topological polar surface area (TPSA) is 63.9 Å². The van der Waals surface area contributed by atoms with Crippen LogP contribution in [0, 0.1) is 6.92 Å². The summed E-state index contributed by atoms with van der Waals surface area (Å²) in [6.07, 6.45) is 0.850. The highest BCUT2D eigenvalue weighted by molar-refractivity contribution is 5.74. The van der Waals surface area contributed by atoms with Crippen molar-refractivity contribution in [2.24, 2.45) is 0 Å². The van der Waals surface area contributed by atoms with Crippen LogP contribution in [0.3, 0.4) is 0 Å². The van der Waals surface area contributed by atoms with E-state index in [1.54, 1.807) is 10.7 Å². The highest BCUT2D eigenvalue weighted by atomic mass is 16.1. The highest BCUT2D eigenvalue weighted by Crippen LogP contribution is 2.20. The quantitative estimate of drug-likeness (QED) is 0.727. The average molecular weight is 349 g/mol. The molecule has 0 aliphatic carbocycles. The predicted molar refractivity (Wildman–Crippen MR) is 101 cm³/mol. The minimum absolute atomic E-state index is 0.0257. The van der Waals surface area contributed by atoms with Gasteiger partial charge in [-0.05, 0) is 38.5 Å². The molecule has 6 heteroatoms. The summed E-state index contributed by atoms with van der Waals surface area (Å²) in [6.45, 7) is 8.34. The van der Waals surface area contributed by atoms with Crippen molar-refractivity contribution >= 4 is 11.0 Å². The summed E-state index contributed by atoms with van der Waals surface area (Å²) in [7, 11) is 0. The molecule has 134 valence electrons. The molecule has 0 unspecified atom stereocenters. The molecule has 4 rings (SSSR count). The first-order valence-corrected chi connectivity index (χ1v) is 9.07. The number of nitrogens with zero attached hydrogens (tertiary/aromatic N) is 5. The molecule has 0 saturated carbocycles. The van der Waals surface area contributed by atoms with E-state index in [0.29, 0.717) is 0 Å². The molecule has 3 heterocycles. The van der Waals surface area contributed by atoms with Gasteiger partial charge in [-0.15, -0.1) is 0 Å². The van der Waals surface area contributed by atoms with Gasteiger partial charge in [-0.2, -0.15) is 5.10 Å². The Balaban J connectivity index is 1.59. The van der Waals surface area contributed by atoms with Crippen LogP contribution in [0.4, 0.5) is 0 Å². The van der Waals surface area contributed by atoms with Gasteiger partial charge in [0.05, 0.1) is 34.2 Å². The van der Waals surface area contributed by atoms with E-state index in [1.165, 1.54) is 0 Å². The summed E-state index contributed by atoms with van der Waals surface area (Å²) >= 11 is 0. The van der Waals surface area contributed by atoms with E-state index in [9.17, 15) is 4.79 Å². The van der Waals surface area contributed by atoms with E-state index in [4.69, 9.17) is 4.98 Å². The maximum Gasteiger partial charge on any atom is 0.267 e. The SMILES string of the molecule is Cc1nc2ccccc2nc1CN1CCc2nn(C(C)C)c(=O)cc2C1. The van der Waals surface area contributed by atoms with E-state index in [1.807, 2.05) is 45.0 Å². The molecule has 0 spiro atoms. The molecule has 2 aromatic heterocycles. The Morgan fingerprint density at radius 2 is 1.88 bits per heavy atom. The van der Waals surface area contributed by atoms with E-state index in [-0.39, 0.29) is 11.6 Å². The Hall–Kier alpha value is -2.60. The number of para-hydroxylation sites is 2. The Morgan fingerprint density at radius 1 is 1.15 bits per heavy atom. The van der Waals surface area contributed by atoms with Crippen molar-refractivity contribution < 1.29 is 0 Å². The molecule has 0 fully saturated rings. The van der Waals surface area contributed by atoms with E-state index >= 15 is 0 Å². The first-order valence-electron chi connectivity index (χ1n) is 9.07. The third-order valence-electron chi connectivity index (χ3n) is 4.89. The first kappa shape index (κ1) is 16.8. The minimum Gasteiger partial charge on any atom is -0.293 e. The van der Waals surface area contributed by atoms with Crippen molar-refractivity contribution in [2.45, 2.75) is 46.3 Å². The fourth-order valence-corrected chi connectivity index (χ4v) is 3.46. The van der Waals surface area contributed by atoms with Gasteiger partial charge >= 0.3 is 0 Å². The summed E-state index contributed by atoms with van der Waals surface area (Å²) in [4.78, 5) is 24.0. The van der Waals surface area contributed by atoms with Crippen LogP contribution in [0.2, 0.25) is 0 Å². The molecule has 0 bridgehead atoms. The van der Waals surface area contributed by atoms with E-state index in [0.717, 1.165) is 59.7 Å². The Bertz CT molecular complexity index is 1020. The second-order valence-electron chi connectivity index (χ2n) is 7.20. The molecule has 26 heavy (non-hydrogen) atoms. The summed E-state index contributed by atoms with van der Waals surface area (Å²) in [5, 5.41) is 4.56. The van der Waals surface area contributed by atoms with Gasteiger partial charge in [0, 0.05) is 32.1 Å². The molecule has 3 aromatic rings. The second kappa shape index (κ2) is 6.61. The number of fused-ring (bicyclic) bond motifs is 2. The van der Waals surface area contributed by atoms with E-state index in [2.05, 4.69) is 15.0 Å². The Morgan fingerprint density at radius 3 is 2.62 bits per heavy atom. The second-order valence-corrected chi connectivity index (χ2v) is 7.20. The van der Waals surface area contributed by atoms with Gasteiger partial charge in [0.25, 0.3) is 5.56 Å². The van der Waals surface area contributed by atoms with Gasteiger partial charge in [0.1, 0.15) is 0 Å². The van der Waals surface area contributed by atoms with Crippen molar-refractivity contribution in [1.82, 2.24) is 24.6 Å². The molecule has 0 N–H and O–H groups in total. The number of aryl methyl sites for hydroxylation is 1. The third-order valence-corrected chi connectivity index (χ3v) is 4.89. The summed E-state index contributed by atoms with van der Waals surface area (Å²) in [5.74, 6) is 0. The standard InChI is InChI=1S/C20H23N5O/c1-13(2)25-20(26)10-15-11-24(9-8-16(15)23-25)12-19-14(3)21-17-6-4-5-7-18(17)22-19/h4-7,10,13H,8-9,11-12H2,1-3H3. The fraction of sp³-hybridized carbons (Fsp3) is 0.400. The van der Waals surface area contributed by atoms with Crippen molar-refractivity contribution in [2.75, 3.05) is 6.54 Å². The molecule has 1 aliphatic heterocycles. The molecule has 0 saturated heterocycles. The zero-order valence-electron chi connectivity index (χ0n) is 15.4. The van der Waals surface area contributed by atoms with Crippen LogP contribution >= 0.6 is 0 Å². The van der Waals surface area contributed by atoms with E-state index < -0.39 is 0 Å². The van der Waals surface area contributed by atoms with Crippen molar-refractivity contribution in [3.8, 4) is 0 Å². The lowest BCUT2D eigenvalue weighted by molar-refractivity contribution is 0.237. The molecular weight excluding hydrogens is 326 g/mol. The Kier molecular flexibility index (Phi) is 4.28. The van der Waals surface area contributed by atoms with Gasteiger partial charge in [0.15, 0.2) is 0 Å². The molecule has 1 aliphatic rings. The van der Waals surface area contributed by atoms with Crippen LogP contribution in [0.25, 0.3) is 11.0 Å². The van der Waals surface area contributed by atoms with Crippen molar-refractivity contribution in [3.63, 3.8) is 0 Å². The van der Waals surface area contributed by atoms with Crippen LogP contribution < -0.4 is 5.56 Å². The van der Waals surface area contributed by atoms with Gasteiger partial charge in [-0.25, -0.2) is 14.6 Å². The molecule has 6 nitrogen and oxygen atoms in total. The number of hydrogen-bond acceptors (Lipinski definition) is 5. The van der Waals surface area contributed by atoms with Crippen LogP contribution in [-0.2, 0) is 19.5 Å². The Labute approximate surface area is 152 Å². The first-order chi connectivity index (χ1) is 12.5. The fourth-order valence-electron chi connectivity index (χ4n) is 3.46. The summed E-state index contributed by atoms with van der Waals surface area (Å²) < 4.78 is 1.58. The van der Waals surface area contributed by atoms with Crippen LogP contribution in [0.5, 0.6) is 0 Å². The maximum absolute atomic E-state index is 12.3. The maximum atomic E-state index is 12.3. The zero-order chi connectivity index (χ0) is 18.3. The van der Waals surface area contributed by atoms with Gasteiger partial charge in [-0.1, -0.05) is 12.1 Å². The molecule has 1 aromatic carbocycles. The zero-order valence-corrected chi connectivity index (χ0v) is 15.4. The average Bonchev–Trinajstić information content (AvgIpc) is 2.61. The lowest BCUT2D eigenvalue weighted by Gasteiger charge is -2.28. The number of benzene rings is 1. The minimum atomic E-state index is -0.0257. The number of rotatable bonds is 3. The third kappa shape index (κ3) is 3.12. The smallest absolute Gasteiger partial charge is 0.267 e. The molecule has 0 amide bonds. The van der Waals surface area contributed by atoms with Crippen molar-refractivity contribution in [1.29, 1.82) is 0 Å². The predicted octanol–water partition coefficient (Wildman–Crippen LogP) is 2.63. The van der Waals surface area contributed by atoms with Crippen LogP contribution in [0.15, 0.2) is 35.1 Å². The lowest BCUT2D eigenvalue weighted by Crippen LogP contribution is -2.35. The molecular formula is C20H23N5O. The van der Waals surface area contributed by atoms with Crippen molar-refractivity contribution in [3.05, 3.63) is 63.3 Å². The molecule has 0 atom stereocenters.